The first-order valence-corrected chi connectivity index (χ1v) is 12.3. The summed E-state index contributed by atoms with van der Waals surface area (Å²) in [6.07, 6.45) is 1.88. The molecule has 0 bridgehead atoms. The zero-order valence-corrected chi connectivity index (χ0v) is 21.4. The van der Waals surface area contributed by atoms with Gasteiger partial charge in [-0.2, -0.15) is 18.3 Å². The summed E-state index contributed by atoms with van der Waals surface area (Å²) in [6.45, 7) is 0.398. The number of hydrogen-bond donors (Lipinski definition) is 1. The van der Waals surface area contributed by atoms with Gasteiger partial charge in [0.1, 0.15) is 23.2 Å². The Hall–Kier alpha value is -4.55. The fourth-order valence-electron chi connectivity index (χ4n) is 4.50. The van der Waals surface area contributed by atoms with E-state index < -0.39 is 11.9 Å². The van der Waals surface area contributed by atoms with Gasteiger partial charge in [-0.1, -0.05) is 24.3 Å². The molecule has 0 radical (unpaired) electrons. The molecule has 0 spiro atoms. The Kier molecular flexibility index (Phi) is 5.92. The van der Waals surface area contributed by atoms with Crippen molar-refractivity contribution in [2.45, 2.75) is 31.5 Å². The van der Waals surface area contributed by atoms with Crippen molar-refractivity contribution in [1.29, 1.82) is 0 Å². The standard InChI is InChI=1S/C26H24F3N9O/c1-37-12-18(26(27,28)29)34-24(37)16-6-4-14(5-7-16)10-30-23-21-17(11-38(2)36-21)33-22(35-23)19-20(15-8-9-15)31-13-32-25(19)39-3/h4-7,11-13,15H,8-10H2,1-3H3,(H,30,33,35). The minimum atomic E-state index is -4.50. The van der Waals surface area contributed by atoms with Crippen molar-refractivity contribution >= 4 is 16.9 Å². The largest absolute Gasteiger partial charge is 0.480 e. The fraction of sp³-hybridized carbons (Fsp3) is 0.308. The highest BCUT2D eigenvalue weighted by Gasteiger charge is 2.34. The van der Waals surface area contributed by atoms with E-state index in [9.17, 15) is 13.2 Å². The number of methoxy groups -OCH3 is 1. The van der Waals surface area contributed by atoms with Crippen LogP contribution in [-0.2, 0) is 26.8 Å². The van der Waals surface area contributed by atoms with Crippen LogP contribution < -0.4 is 10.1 Å². The number of imidazole rings is 1. The van der Waals surface area contributed by atoms with E-state index in [4.69, 9.17) is 14.7 Å². The summed E-state index contributed by atoms with van der Waals surface area (Å²) in [6, 6.07) is 7.16. The van der Waals surface area contributed by atoms with Gasteiger partial charge in [0, 0.05) is 38.3 Å². The summed E-state index contributed by atoms with van der Waals surface area (Å²) in [5.41, 5.74) is 3.36. The monoisotopic (exact) mass is 535 g/mol. The lowest BCUT2D eigenvalue weighted by atomic mass is 10.1. The Bertz CT molecular complexity index is 1670. The van der Waals surface area contributed by atoms with Gasteiger partial charge in [0.25, 0.3) is 0 Å². The smallest absolute Gasteiger partial charge is 0.434 e. The van der Waals surface area contributed by atoms with Gasteiger partial charge in [-0.15, -0.1) is 0 Å². The second-order valence-electron chi connectivity index (χ2n) is 9.46. The van der Waals surface area contributed by atoms with E-state index in [0.29, 0.717) is 52.1 Å². The molecule has 1 aliphatic rings. The van der Waals surface area contributed by atoms with Crippen LogP contribution in [0.5, 0.6) is 5.88 Å². The predicted molar refractivity (Wildman–Crippen MR) is 137 cm³/mol. The van der Waals surface area contributed by atoms with Crippen molar-refractivity contribution in [2.75, 3.05) is 12.4 Å². The third kappa shape index (κ3) is 4.75. The van der Waals surface area contributed by atoms with E-state index in [2.05, 4.69) is 25.4 Å². The summed E-state index contributed by atoms with van der Waals surface area (Å²) < 4.78 is 47.8. The van der Waals surface area contributed by atoms with E-state index in [0.717, 1.165) is 30.3 Å². The highest BCUT2D eigenvalue weighted by atomic mass is 19.4. The van der Waals surface area contributed by atoms with Gasteiger partial charge >= 0.3 is 6.18 Å². The number of ether oxygens (including phenoxy) is 1. The van der Waals surface area contributed by atoms with Gasteiger partial charge < -0.3 is 14.6 Å². The molecular weight excluding hydrogens is 511 g/mol. The normalized spacial score (nSPS) is 13.7. The molecule has 10 nitrogen and oxygen atoms in total. The van der Waals surface area contributed by atoms with Gasteiger partial charge in [-0.25, -0.2) is 24.9 Å². The zero-order valence-electron chi connectivity index (χ0n) is 21.4. The van der Waals surface area contributed by atoms with Crippen molar-refractivity contribution in [1.82, 2.24) is 39.3 Å². The minimum absolute atomic E-state index is 0.239. The van der Waals surface area contributed by atoms with Gasteiger partial charge in [-0.3, -0.25) is 4.68 Å². The first-order valence-electron chi connectivity index (χ1n) is 12.3. The van der Waals surface area contributed by atoms with Crippen LogP contribution >= 0.6 is 0 Å². The summed E-state index contributed by atoms with van der Waals surface area (Å²) >= 11 is 0. The van der Waals surface area contributed by atoms with Gasteiger partial charge in [0.2, 0.25) is 5.88 Å². The number of anilines is 1. The van der Waals surface area contributed by atoms with Crippen LogP contribution in [0, 0.1) is 0 Å². The molecule has 0 saturated heterocycles. The van der Waals surface area contributed by atoms with Gasteiger partial charge in [0.15, 0.2) is 22.9 Å². The maximum Gasteiger partial charge on any atom is 0.434 e. The third-order valence-electron chi connectivity index (χ3n) is 6.54. The Morgan fingerprint density at radius 3 is 2.46 bits per heavy atom. The van der Waals surface area contributed by atoms with Gasteiger partial charge in [-0.05, 0) is 18.4 Å². The van der Waals surface area contributed by atoms with E-state index in [1.165, 1.54) is 10.9 Å². The van der Waals surface area contributed by atoms with Crippen molar-refractivity contribution in [3.8, 4) is 28.7 Å². The molecule has 1 aliphatic carbocycles. The van der Waals surface area contributed by atoms with Crippen molar-refractivity contribution in [2.24, 2.45) is 14.1 Å². The SMILES string of the molecule is COc1ncnc(C2CC2)c1-c1nc(NCc2ccc(-c3nc(C(F)(F)F)cn3C)cc2)c2nn(C)cc2n1. The second-order valence-corrected chi connectivity index (χ2v) is 9.46. The number of nitrogens with zero attached hydrogens (tertiary/aromatic N) is 8. The van der Waals surface area contributed by atoms with E-state index in [1.54, 1.807) is 31.0 Å². The lowest BCUT2D eigenvalue weighted by molar-refractivity contribution is -0.140. The van der Waals surface area contributed by atoms with Crippen LogP contribution in [0.3, 0.4) is 0 Å². The average molecular weight is 536 g/mol. The molecule has 0 atom stereocenters. The molecule has 4 aromatic heterocycles. The Morgan fingerprint density at radius 2 is 1.79 bits per heavy atom. The molecule has 5 aromatic rings. The number of benzene rings is 1. The molecule has 200 valence electrons. The van der Waals surface area contributed by atoms with Crippen LogP contribution in [-0.4, -0.2) is 46.4 Å². The Balaban J connectivity index is 1.30. The molecule has 6 rings (SSSR count). The molecule has 1 saturated carbocycles. The van der Waals surface area contributed by atoms with E-state index in [-0.39, 0.29) is 5.82 Å². The molecule has 0 unspecified atom stereocenters. The first-order chi connectivity index (χ1) is 18.7. The van der Waals surface area contributed by atoms with Crippen LogP contribution in [0.2, 0.25) is 0 Å². The number of alkyl halides is 3. The van der Waals surface area contributed by atoms with Crippen LogP contribution in [0.15, 0.2) is 43.0 Å². The number of aromatic nitrogens is 8. The lowest BCUT2D eigenvalue weighted by Crippen LogP contribution is -2.07. The molecular formula is C26H24F3N9O. The topological polar surface area (TPSA) is 108 Å². The molecule has 0 amide bonds. The summed E-state index contributed by atoms with van der Waals surface area (Å²) in [5.74, 6) is 1.96. The quantitative estimate of drug-likeness (QED) is 0.319. The number of rotatable bonds is 7. The van der Waals surface area contributed by atoms with Crippen LogP contribution in [0.4, 0.5) is 19.0 Å². The zero-order chi connectivity index (χ0) is 27.3. The van der Waals surface area contributed by atoms with E-state index >= 15 is 0 Å². The lowest BCUT2D eigenvalue weighted by Gasteiger charge is -2.13. The number of nitrogens with one attached hydrogen (secondary N) is 1. The molecule has 4 heterocycles. The fourth-order valence-corrected chi connectivity index (χ4v) is 4.50. The third-order valence-corrected chi connectivity index (χ3v) is 6.54. The van der Waals surface area contributed by atoms with Gasteiger partial charge in [0.05, 0.1) is 19.0 Å². The van der Waals surface area contributed by atoms with Crippen molar-refractivity contribution in [3.63, 3.8) is 0 Å². The minimum Gasteiger partial charge on any atom is -0.480 e. The number of halogens is 3. The second kappa shape index (κ2) is 9.33. The number of hydrogen-bond acceptors (Lipinski definition) is 8. The Labute approximate surface area is 220 Å². The maximum absolute atomic E-state index is 13.1. The average Bonchev–Trinajstić information content (AvgIpc) is 3.58. The molecule has 0 aliphatic heterocycles. The molecule has 1 fully saturated rings. The molecule has 1 N–H and O–H groups in total. The van der Waals surface area contributed by atoms with Crippen molar-refractivity contribution in [3.05, 3.63) is 59.9 Å². The maximum atomic E-state index is 13.1. The van der Waals surface area contributed by atoms with Crippen molar-refractivity contribution < 1.29 is 17.9 Å². The highest BCUT2D eigenvalue weighted by molar-refractivity contribution is 5.87. The summed E-state index contributed by atoms with van der Waals surface area (Å²) in [7, 11) is 4.91. The number of fused-ring (bicyclic) bond motifs is 1. The predicted octanol–water partition coefficient (Wildman–Crippen LogP) is 4.74. The summed E-state index contributed by atoms with van der Waals surface area (Å²) in [4.78, 5) is 22.1. The van der Waals surface area contributed by atoms with E-state index in [1.807, 2.05) is 25.4 Å². The molecule has 39 heavy (non-hydrogen) atoms. The molecule has 1 aromatic carbocycles. The van der Waals surface area contributed by atoms with Crippen LogP contribution in [0.25, 0.3) is 33.8 Å². The first kappa shape index (κ1) is 24.8. The number of aryl methyl sites for hydroxylation is 2. The van der Waals surface area contributed by atoms with Crippen LogP contribution in [0.1, 0.15) is 35.7 Å². The Morgan fingerprint density at radius 1 is 1.03 bits per heavy atom. The molecule has 13 heteroatoms. The highest BCUT2D eigenvalue weighted by Crippen LogP contribution is 2.45. The summed E-state index contributed by atoms with van der Waals surface area (Å²) in [5, 5.41) is 7.87.